The molecule has 0 saturated carbocycles. The van der Waals surface area contributed by atoms with E-state index in [1.807, 2.05) is 25.1 Å². The van der Waals surface area contributed by atoms with E-state index < -0.39 is 0 Å². The molecule has 0 aliphatic carbocycles. The van der Waals surface area contributed by atoms with Gasteiger partial charge in [0, 0.05) is 17.0 Å². The van der Waals surface area contributed by atoms with Gasteiger partial charge in [-0.2, -0.15) is 0 Å². The molecular weight excluding hydrogens is 218 g/mol. The van der Waals surface area contributed by atoms with Gasteiger partial charge in [-0.15, -0.1) is 0 Å². The molecule has 2 aromatic rings. The first-order valence-electron chi connectivity index (χ1n) is 5.09. The highest BCUT2D eigenvalue weighted by Gasteiger charge is 2.12. The Labute approximate surface area is 98.5 Å². The van der Waals surface area contributed by atoms with Gasteiger partial charge in [-0.05, 0) is 24.6 Å². The number of nitrogens with zero attached hydrogens (tertiary/aromatic N) is 2. The zero-order chi connectivity index (χ0) is 12.4. The Morgan fingerprint density at radius 1 is 1.41 bits per heavy atom. The quantitative estimate of drug-likeness (QED) is 0.356. The number of fused-ring (bicyclic) bond motifs is 1. The van der Waals surface area contributed by atoms with Gasteiger partial charge in [0.15, 0.2) is 5.84 Å². The lowest BCUT2D eigenvalue weighted by atomic mass is 10.0. The predicted molar refractivity (Wildman–Crippen MR) is 65.5 cm³/mol. The highest BCUT2D eigenvalue weighted by atomic mass is 16.5. The molecule has 0 bridgehead atoms. The molecule has 88 valence electrons. The first kappa shape index (κ1) is 11.2. The lowest BCUT2D eigenvalue weighted by Gasteiger charge is -2.10. The second-order valence-electron chi connectivity index (χ2n) is 3.65. The van der Waals surface area contributed by atoms with E-state index in [0.717, 1.165) is 22.1 Å². The summed E-state index contributed by atoms with van der Waals surface area (Å²) in [5.74, 6) is 0.729. The van der Waals surface area contributed by atoms with Crippen molar-refractivity contribution in [2.45, 2.75) is 6.92 Å². The number of amidine groups is 1. The van der Waals surface area contributed by atoms with E-state index >= 15 is 0 Å². The average Bonchev–Trinajstić information content (AvgIpc) is 2.38. The van der Waals surface area contributed by atoms with E-state index in [9.17, 15) is 0 Å². The molecule has 0 unspecified atom stereocenters. The maximum absolute atomic E-state index is 8.76. The van der Waals surface area contributed by atoms with Crippen molar-refractivity contribution in [1.29, 1.82) is 0 Å². The van der Waals surface area contributed by atoms with Crippen LogP contribution in [0.1, 0.15) is 11.3 Å². The van der Waals surface area contributed by atoms with Crippen LogP contribution in [0.3, 0.4) is 0 Å². The summed E-state index contributed by atoms with van der Waals surface area (Å²) in [7, 11) is 1.60. The second-order valence-corrected chi connectivity index (χ2v) is 3.65. The van der Waals surface area contributed by atoms with Crippen molar-refractivity contribution in [1.82, 2.24) is 4.98 Å². The zero-order valence-electron chi connectivity index (χ0n) is 9.64. The molecule has 5 heteroatoms. The number of ether oxygens (including phenoxy) is 1. The summed E-state index contributed by atoms with van der Waals surface area (Å²) in [4.78, 5) is 4.14. The number of benzene rings is 1. The number of methoxy groups -OCH3 is 1. The van der Waals surface area contributed by atoms with Crippen LogP contribution in [0.15, 0.2) is 29.6 Å². The van der Waals surface area contributed by atoms with Crippen LogP contribution in [0.25, 0.3) is 10.8 Å². The smallest absolute Gasteiger partial charge is 0.189 e. The number of oxime groups is 1. The molecule has 1 heterocycles. The van der Waals surface area contributed by atoms with E-state index in [2.05, 4.69) is 10.1 Å². The summed E-state index contributed by atoms with van der Waals surface area (Å²) >= 11 is 0. The van der Waals surface area contributed by atoms with Crippen LogP contribution in [0.5, 0.6) is 5.75 Å². The van der Waals surface area contributed by atoms with Crippen molar-refractivity contribution in [2.75, 3.05) is 7.11 Å². The lowest BCUT2D eigenvalue weighted by Crippen LogP contribution is -2.15. The molecule has 0 fully saturated rings. The minimum absolute atomic E-state index is 0.00745. The minimum Gasteiger partial charge on any atom is -0.496 e. The van der Waals surface area contributed by atoms with Crippen molar-refractivity contribution in [2.24, 2.45) is 10.9 Å². The first-order valence-corrected chi connectivity index (χ1v) is 5.09. The Hall–Kier alpha value is -2.30. The van der Waals surface area contributed by atoms with Gasteiger partial charge in [0.1, 0.15) is 11.4 Å². The molecule has 0 aliphatic rings. The number of aromatic nitrogens is 1. The van der Waals surface area contributed by atoms with E-state index in [1.165, 1.54) is 0 Å². The van der Waals surface area contributed by atoms with Gasteiger partial charge >= 0.3 is 0 Å². The van der Waals surface area contributed by atoms with E-state index in [1.54, 1.807) is 13.3 Å². The summed E-state index contributed by atoms with van der Waals surface area (Å²) in [6.45, 7) is 1.94. The molecule has 1 aromatic heterocycles. The molecule has 0 atom stereocenters. The van der Waals surface area contributed by atoms with E-state index in [0.29, 0.717) is 5.69 Å². The fourth-order valence-electron chi connectivity index (χ4n) is 1.86. The van der Waals surface area contributed by atoms with Crippen LogP contribution >= 0.6 is 0 Å². The molecule has 0 amide bonds. The molecular formula is C12H13N3O2. The number of hydrogen-bond acceptors (Lipinski definition) is 4. The number of nitrogens with two attached hydrogens (primary N) is 1. The molecule has 1 aromatic carbocycles. The van der Waals surface area contributed by atoms with Crippen LogP contribution in [0.4, 0.5) is 0 Å². The standard InChI is InChI=1S/C12H13N3O2/c1-7-3-4-9(17-2)8-5-6-14-11(10(7)8)12(13)15-16/h3-6,16H,1-2H3,(H2,13,15). The fraction of sp³-hybridized carbons (Fsp3) is 0.167. The van der Waals surface area contributed by atoms with Gasteiger partial charge in [-0.3, -0.25) is 4.98 Å². The molecule has 0 radical (unpaired) electrons. The largest absolute Gasteiger partial charge is 0.496 e. The Kier molecular flexibility index (Phi) is 2.82. The fourth-order valence-corrected chi connectivity index (χ4v) is 1.86. The van der Waals surface area contributed by atoms with Crippen molar-refractivity contribution < 1.29 is 9.94 Å². The van der Waals surface area contributed by atoms with Gasteiger partial charge in [0.2, 0.25) is 0 Å². The molecule has 2 rings (SSSR count). The highest BCUT2D eigenvalue weighted by molar-refractivity contribution is 6.09. The molecule has 5 nitrogen and oxygen atoms in total. The van der Waals surface area contributed by atoms with Gasteiger partial charge in [0.05, 0.1) is 7.11 Å². The van der Waals surface area contributed by atoms with Crippen LogP contribution < -0.4 is 10.5 Å². The highest BCUT2D eigenvalue weighted by Crippen LogP contribution is 2.29. The maximum atomic E-state index is 8.76. The summed E-state index contributed by atoms with van der Waals surface area (Å²) in [5.41, 5.74) is 7.07. The first-order chi connectivity index (χ1) is 8.19. The van der Waals surface area contributed by atoms with Gasteiger partial charge in [-0.1, -0.05) is 11.2 Å². The number of pyridine rings is 1. The Balaban J connectivity index is 2.88. The van der Waals surface area contributed by atoms with Crippen LogP contribution in [-0.4, -0.2) is 23.1 Å². The number of rotatable bonds is 2. The lowest BCUT2D eigenvalue weighted by molar-refractivity contribution is 0.318. The Bertz CT molecular complexity index is 594. The number of hydrogen-bond donors (Lipinski definition) is 2. The topological polar surface area (TPSA) is 80.7 Å². The minimum atomic E-state index is -0.00745. The summed E-state index contributed by atoms with van der Waals surface area (Å²) in [5, 5.41) is 13.5. The Morgan fingerprint density at radius 2 is 2.18 bits per heavy atom. The van der Waals surface area contributed by atoms with Gasteiger partial charge in [0.25, 0.3) is 0 Å². The monoisotopic (exact) mass is 231 g/mol. The molecule has 0 saturated heterocycles. The molecule has 0 spiro atoms. The maximum Gasteiger partial charge on any atom is 0.189 e. The van der Waals surface area contributed by atoms with Crippen molar-refractivity contribution in [3.05, 3.63) is 35.7 Å². The van der Waals surface area contributed by atoms with Gasteiger partial charge in [-0.25, -0.2) is 0 Å². The predicted octanol–water partition coefficient (Wildman–Crippen LogP) is 1.65. The second kappa shape index (κ2) is 4.29. The van der Waals surface area contributed by atoms with Crippen molar-refractivity contribution in [3.8, 4) is 5.75 Å². The van der Waals surface area contributed by atoms with Crippen molar-refractivity contribution in [3.63, 3.8) is 0 Å². The summed E-state index contributed by atoms with van der Waals surface area (Å²) < 4.78 is 5.28. The van der Waals surface area contributed by atoms with E-state index in [-0.39, 0.29) is 5.84 Å². The Morgan fingerprint density at radius 3 is 2.82 bits per heavy atom. The third-order valence-corrected chi connectivity index (χ3v) is 2.67. The molecule has 3 N–H and O–H groups in total. The third kappa shape index (κ3) is 1.75. The summed E-state index contributed by atoms with van der Waals surface area (Å²) in [6, 6.07) is 5.64. The molecule has 0 aliphatic heterocycles. The number of aryl methyl sites for hydroxylation is 1. The van der Waals surface area contributed by atoms with E-state index in [4.69, 9.17) is 15.7 Å². The third-order valence-electron chi connectivity index (χ3n) is 2.67. The zero-order valence-corrected chi connectivity index (χ0v) is 9.64. The SMILES string of the molecule is COc1ccc(C)c2c(/C(N)=N/O)nccc12. The van der Waals surface area contributed by atoms with Crippen LogP contribution in [-0.2, 0) is 0 Å². The normalized spacial score (nSPS) is 11.8. The van der Waals surface area contributed by atoms with Gasteiger partial charge < -0.3 is 15.7 Å². The summed E-state index contributed by atoms with van der Waals surface area (Å²) in [6.07, 6.45) is 1.61. The van der Waals surface area contributed by atoms with Crippen LogP contribution in [0.2, 0.25) is 0 Å². The average molecular weight is 231 g/mol. The van der Waals surface area contributed by atoms with Crippen LogP contribution in [0, 0.1) is 6.92 Å². The molecule has 17 heavy (non-hydrogen) atoms. The van der Waals surface area contributed by atoms with Crippen molar-refractivity contribution >= 4 is 16.6 Å².